The van der Waals surface area contributed by atoms with Crippen molar-refractivity contribution in [1.82, 2.24) is 9.66 Å². The fraction of sp³-hybridized carbons (Fsp3) is 0.176. The minimum Gasteiger partial charge on any atom is -0.358 e. The minimum absolute atomic E-state index is 0.110. The highest BCUT2D eigenvalue weighted by atomic mass is 16.1. The molecular formula is C17H17N3O. The Labute approximate surface area is 122 Å². The lowest BCUT2D eigenvalue weighted by atomic mass is 10.1. The molecule has 106 valence electrons. The van der Waals surface area contributed by atoms with E-state index in [0.717, 1.165) is 33.4 Å². The van der Waals surface area contributed by atoms with Crippen LogP contribution in [0.15, 0.2) is 46.3 Å². The number of aromatic amines is 1. The standard InChI is InChI=1S/C17H17N3O/c1-11-8-12(2)20(17(21)9-11)18-10-15-13(3)19-16-7-5-4-6-14(15)16/h4-10,19H,1-3H3. The van der Waals surface area contributed by atoms with Gasteiger partial charge in [-0.05, 0) is 38.5 Å². The lowest BCUT2D eigenvalue weighted by Crippen LogP contribution is -2.18. The van der Waals surface area contributed by atoms with Gasteiger partial charge in [-0.3, -0.25) is 4.79 Å². The Bertz CT molecular complexity index is 900. The Hall–Kier alpha value is -2.62. The molecule has 0 saturated carbocycles. The first-order valence-electron chi connectivity index (χ1n) is 6.88. The first kappa shape index (κ1) is 13.4. The molecule has 0 atom stereocenters. The van der Waals surface area contributed by atoms with Gasteiger partial charge in [0.1, 0.15) is 0 Å². The Morgan fingerprint density at radius 2 is 1.90 bits per heavy atom. The van der Waals surface area contributed by atoms with Crippen molar-refractivity contribution < 1.29 is 0 Å². The molecule has 0 unspecified atom stereocenters. The summed E-state index contributed by atoms with van der Waals surface area (Å²) >= 11 is 0. The SMILES string of the molecule is Cc1cc(C)n(N=Cc2c(C)[nH]c3ccccc23)c(=O)c1. The number of rotatable bonds is 2. The zero-order chi connectivity index (χ0) is 15.0. The molecule has 3 aromatic rings. The Balaban J connectivity index is 2.11. The van der Waals surface area contributed by atoms with Crippen molar-refractivity contribution in [2.75, 3.05) is 0 Å². The molecular weight excluding hydrogens is 262 g/mol. The smallest absolute Gasteiger partial charge is 0.271 e. The molecule has 0 aliphatic carbocycles. The summed E-state index contributed by atoms with van der Waals surface area (Å²) < 4.78 is 1.42. The van der Waals surface area contributed by atoms with E-state index in [9.17, 15) is 4.79 Å². The largest absolute Gasteiger partial charge is 0.358 e. The molecule has 3 rings (SSSR count). The van der Waals surface area contributed by atoms with Crippen LogP contribution in [0.3, 0.4) is 0 Å². The van der Waals surface area contributed by atoms with Crippen LogP contribution < -0.4 is 5.56 Å². The number of benzene rings is 1. The highest BCUT2D eigenvalue weighted by molar-refractivity contribution is 6.00. The van der Waals surface area contributed by atoms with Gasteiger partial charge >= 0.3 is 0 Å². The summed E-state index contributed by atoms with van der Waals surface area (Å²) in [5.74, 6) is 0. The fourth-order valence-electron chi connectivity index (χ4n) is 2.59. The first-order valence-corrected chi connectivity index (χ1v) is 6.88. The Morgan fingerprint density at radius 1 is 1.14 bits per heavy atom. The van der Waals surface area contributed by atoms with Crippen molar-refractivity contribution in [3.05, 3.63) is 69.3 Å². The quantitative estimate of drug-likeness (QED) is 0.720. The summed E-state index contributed by atoms with van der Waals surface area (Å²) in [5.41, 5.74) is 4.79. The van der Waals surface area contributed by atoms with E-state index in [1.54, 1.807) is 12.3 Å². The lowest BCUT2D eigenvalue weighted by molar-refractivity contribution is 0.791. The minimum atomic E-state index is -0.110. The molecule has 1 N–H and O–H groups in total. The van der Waals surface area contributed by atoms with Crippen LogP contribution in [-0.4, -0.2) is 15.9 Å². The number of nitrogens with one attached hydrogen (secondary N) is 1. The van der Waals surface area contributed by atoms with Gasteiger partial charge in [-0.15, -0.1) is 0 Å². The van der Waals surface area contributed by atoms with Crippen LogP contribution in [0.4, 0.5) is 0 Å². The van der Waals surface area contributed by atoms with Crippen molar-refractivity contribution >= 4 is 17.1 Å². The normalized spacial score (nSPS) is 11.6. The number of hydrogen-bond donors (Lipinski definition) is 1. The molecule has 0 aliphatic heterocycles. The van der Waals surface area contributed by atoms with Gasteiger partial charge in [-0.2, -0.15) is 5.10 Å². The molecule has 0 amide bonds. The molecule has 0 spiro atoms. The van der Waals surface area contributed by atoms with Crippen molar-refractivity contribution in [2.45, 2.75) is 20.8 Å². The van der Waals surface area contributed by atoms with Crippen LogP contribution >= 0.6 is 0 Å². The van der Waals surface area contributed by atoms with Crippen molar-refractivity contribution in [2.24, 2.45) is 5.10 Å². The summed E-state index contributed by atoms with van der Waals surface area (Å²) in [7, 11) is 0. The molecule has 2 aromatic heterocycles. The van der Waals surface area contributed by atoms with E-state index in [1.807, 2.05) is 51.1 Å². The molecule has 0 aliphatic rings. The fourth-order valence-corrected chi connectivity index (χ4v) is 2.59. The maximum absolute atomic E-state index is 12.0. The molecule has 1 aromatic carbocycles. The van der Waals surface area contributed by atoms with Crippen LogP contribution in [0, 0.1) is 20.8 Å². The third-order valence-corrected chi connectivity index (χ3v) is 3.58. The summed E-state index contributed by atoms with van der Waals surface area (Å²) in [4.78, 5) is 15.3. The second-order valence-corrected chi connectivity index (χ2v) is 5.28. The van der Waals surface area contributed by atoms with Gasteiger partial charge in [0, 0.05) is 33.9 Å². The van der Waals surface area contributed by atoms with E-state index in [1.165, 1.54) is 4.68 Å². The summed E-state index contributed by atoms with van der Waals surface area (Å²) in [6, 6.07) is 11.6. The van der Waals surface area contributed by atoms with Gasteiger partial charge in [0.05, 0.1) is 6.21 Å². The number of fused-ring (bicyclic) bond motifs is 1. The number of H-pyrrole nitrogens is 1. The van der Waals surface area contributed by atoms with E-state index in [2.05, 4.69) is 10.1 Å². The number of hydrogen-bond acceptors (Lipinski definition) is 2. The first-order chi connectivity index (χ1) is 10.1. The highest BCUT2D eigenvalue weighted by Crippen LogP contribution is 2.19. The molecule has 4 heteroatoms. The average molecular weight is 279 g/mol. The summed E-state index contributed by atoms with van der Waals surface area (Å²) in [6.07, 6.45) is 1.75. The monoisotopic (exact) mass is 279 g/mol. The Kier molecular flexibility index (Phi) is 3.22. The summed E-state index contributed by atoms with van der Waals surface area (Å²) in [5, 5.41) is 5.47. The highest BCUT2D eigenvalue weighted by Gasteiger charge is 2.06. The van der Waals surface area contributed by atoms with E-state index in [-0.39, 0.29) is 5.56 Å². The van der Waals surface area contributed by atoms with Crippen molar-refractivity contribution in [3.63, 3.8) is 0 Å². The van der Waals surface area contributed by atoms with Gasteiger partial charge in [-0.1, -0.05) is 18.2 Å². The number of para-hydroxylation sites is 1. The zero-order valence-corrected chi connectivity index (χ0v) is 12.3. The molecule has 0 saturated heterocycles. The third kappa shape index (κ3) is 2.40. The van der Waals surface area contributed by atoms with E-state index in [4.69, 9.17) is 0 Å². The molecule has 21 heavy (non-hydrogen) atoms. The number of nitrogens with zero attached hydrogens (tertiary/aromatic N) is 2. The number of pyridine rings is 1. The van der Waals surface area contributed by atoms with Crippen molar-refractivity contribution in [1.29, 1.82) is 0 Å². The predicted octanol–water partition coefficient (Wildman–Crippen LogP) is 3.14. The predicted molar refractivity (Wildman–Crippen MR) is 86.2 cm³/mol. The van der Waals surface area contributed by atoms with Gasteiger partial charge in [-0.25, -0.2) is 4.68 Å². The zero-order valence-electron chi connectivity index (χ0n) is 12.3. The molecule has 4 nitrogen and oxygen atoms in total. The molecule has 0 radical (unpaired) electrons. The maximum Gasteiger partial charge on any atom is 0.271 e. The Morgan fingerprint density at radius 3 is 2.67 bits per heavy atom. The van der Waals surface area contributed by atoms with E-state index >= 15 is 0 Å². The number of aromatic nitrogens is 2. The van der Waals surface area contributed by atoms with Gasteiger partial charge in [0.25, 0.3) is 5.56 Å². The van der Waals surface area contributed by atoms with Crippen molar-refractivity contribution in [3.8, 4) is 0 Å². The maximum atomic E-state index is 12.0. The van der Waals surface area contributed by atoms with Crippen LogP contribution in [0.25, 0.3) is 10.9 Å². The average Bonchev–Trinajstić information content (AvgIpc) is 2.73. The van der Waals surface area contributed by atoms with Gasteiger partial charge in [0.15, 0.2) is 0 Å². The van der Waals surface area contributed by atoms with E-state index < -0.39 is 0 Å². The number of aryl methyl sites for hydroxylation is 3. The third-order valence-electron chi connectivity index (χ3n) is 3.58. The molecule has 0 fully saturated rings. The van der Waals surface area contributed by atoms with E-state index in [0.29, 0.717) is 0 Å². The summed E-state index contributed by atoms with van der Waals surface area (Å²) in [6.45, 7) is 5.80. The lowest BCUT2D eigenvalue weighted by Gasteiger charge is -2.04. The topological polar surface area (TPSA) is 50.1 Å². The second kappa shape index (κ2) is 5.05. The van der Waals surface area contributed by atoms with Crippen LogP contribution in [0.1, 0.15) is 22.5 Å². The molecule has 0 bridgehead atoms. The second-order valence-electron chi connectivity index (χ2n) is 5.28. The van der Waals surface area contributed by atoms with Gasteiger partial charge < -0.3 is 4.98 Å². The van der Waals surface area contributed by atoms with Crippen LogP contribution in [0.5, 0.6) is 0 Å². The molecule has 2 heterocycles. The van der Waals surface area contributed by atoms with Crippen LogP contribution in [-0.2, 0) is 0 Å². The van der Waals surface area contributed by atoms with Crippen LogP contribution in [0.2, 0.25) is 0 Å². The van der Waals surface area contributed by atoms with Gasteiger partial charge in [0.2, 0.25) is 0 Å².